The van der Waals surface area contributed by atoms with E-state index in [1.54, 1.807) is 6.07 Å². The molecule has 136 valence electrons. The van der Waals surface area contributed by atoms with E-state index < -0.39 is 51.3 Å². The molecular formula is C20H31BN2O2. The number of likely N-dealkylation sites (N-methyl/N-ethyl adjacent to an activating group) is 1. The van der Waals surface area contributed by atoms with E-state index >= 15 is 0 Å². The van der Waals surface area contributed by atoms with Crippen LogP contribution < -0.4 is 10.4 Å². The van der Waals surface area contributed by atoms with Crippen molar-refractivity contribution >= 4 is 18.3 Å². The summed E-state index contributed by atoms with van der Waals surface area (Å²) in [5.41, 5.74) is 0.0866. The van der Waals surface area contributed by atoms with Gasteiger partial charge in [0.15, 0.2) is 0 Å². The Labute approximate surface area is 168 Å². The largest absolute Gasteiger partial charge is 0.495 e. The predicted octanol–water partition coefficient (Wildman–Crippen LogP) is 2.62. The average molecular weight is 353 g/mol. The molecule has 2 saturated heterocycles. The van der Waals surface area contributed by atoms with E-state index in [0.29, 0.717) is 10.4 Å². The molecule has 0 aromatic heterocycles. The summed E-state index contributed by atoms with van der Waals surface area (Å²) in [6.45, 7) is -9.15. The molecule has 2 heterocycles. The minimum absolute atomic E-state index is 0.0768. The molecule has 0 spiro atoms. The van der Waals surface area contributed by atoms with Crippen LogP contribution in [0.15, 0.2) is 18.2 Å². The van der Waals surface area contributed by atoms with Crippen LogP contribution in [-0.4, -0.2) is 56.2 Å². The summed E-state index contributed by atoms with van der Waals surface area (Å²) in [6.07, 6.45) is 1.68. The molecule has 4 nitrogen and oxygen atoms in total. The zero-order valence-corrected chi connectivity index (χ0v) is 15.0. The summed E-state index contributed by atoms with van der Waals surface area (Å²) in [4.78, 5) is 0.0756. The molecule has 0 atom stereocenters. The highest BCUT2D eigenvalue weighted by molar-refractivity contribution is 6.62. The predicted molar refractivity (Wildman–Crippen MR) is 104 cm³/mol. The Kier molecular flexibility index (Phi) is 2.11. The summed E-state index contributed by atoms with van der Waals surface area (Å²) in [6, 6.07) is 4.50. The van der Waals surface area contributed by atoms with Crippen molar-refractivity contribution in [3.63, 3.8) is 0 Å². The van der Waals surface area contributed by atoms with Crippen molar-refractivity contribution in [3.8, 4) is 0 Å². The van der Waals surface area contributed by atoms with Crippen molar-refractivity contribution in [1.29, 1.82) is 0 Å². The van der Waals surface area contributed by atoms with E-state index in [-0.39, 0.29) is 16.5 Å². The Bertz CT molecular complexity index is 1010. The van der Waals surface area contributed by atoms with Crippen molar-refractivity contribution in [2.24, 2.45) is 0 Å². The van der Waals surface area contributed by atoms with Crippen LogP contribution in [0.1, 0.15) is 67.1 Å². The summed E-state index contributed by atoms with van der Waals surface area (Å²) in [5, 5.41) is 0. The molecule has 0 radical (unpaired) electrons. The Morgan fingerprint density at radius 3 is 2.28 bits per heavy atom. The van der Waals surface area contributed by atoms with Crippen LogP contribution in [0.5, 0.6) is 0 Å². The Morgan fingerprint density at radius 1 is 1.08 bits per heavy atom. The molecule has 4 rings (SSSR count). The summed E-state index contributed by atoms with van der Waals surface area (Å²) >= 11 is 0. The third-order valence-electron chi connectivity index (χ3n) is 5.40. The number of anilines is 1. The quantitative estimate of drug-likeness (QED) is 0.780. The number of benzene rings is 1. The fourth-order valence-electron chi connectivity index (χ4n) is 3.02. The van der Waals surface area contributed by atoms with Crippen molar-refractivity contribution in [3.05, 3.63) is 23.8 Å². The Morgan fingerprint density at radius 2 is 1.72 bits per heavy atom. The molecule has 1 saturated carbocycles. The monoisotopic (exact) mass is 353 g/mol. The van der Waals surface area contributed by atoms with Gasteiger partial charge in [-0.15, -0.1) is 0 Å². The van der Waals surface area contributed by atoms with Gasteiger partial charge in [-0.1, -0.05) is 6.07 Å². The van der Waals surface area contributed by atoms with Crippen LogP contribution in [0.3, 0.4) is 0 Å². The maximum absolute atomic E-state index is 8.55. The van der Waals surface area contributed by atoms with Gasteiger partial charge in [0.2, 0.25) is 0 Å². The second-order valence-electron chi connectivity index (χ2n) is 7.79. The third-order valence-corrected chi connectivity index (χ3v) is 5.40. The summed E-state index contributed by atoms with van der Waals surface area (Å²) in [7, 11) is -0.724. The molecule has 0 N–H and O–H groups in total. The van der Waals surface area contributed by atoms with Gasteiger partial charge in [0.25, 0.3) is 0 Å². The average Bonchev–Trinajstić information content (AvgIpc) is 3.45. The summed E-state index contributed by atoms with van der Waals surface area (Å²) in [5.74, 6) is 0.0768. The van der Waals surface area contributed by atoms with Crippen molar-refractivity contribution in [2.45, 2.75) is 57.7 Å². The molecule has 3 aliphatic rings. The summed E-state index contributed by atoms with van der Waals surface area (Å²) < 4.78 is 103. The second-order valence-corrected chi connectivity index (χ2v) is 7.79. The van der Waals surface area contributed by atoms with E-state index in [4.69, 9.17) is 24.4 Å². The first-order valence-corrected chi connectivity index (χ1v) is 8.60. The molecule has 2 aliphatic heterocycles. The highest BCUT2D eigenvalue weighted by Gasteiger charge is 2.52. The number of hydrogen-bond acceptors (Lipinski definition) is 4. The lowest BCUT2D eigenvalue weighted by Crippen LogP contribution is -2.45. The number of nitrogens with zero attached hydrogens (tertiary/aromatic N) is 2. The van der Waals surface area contributed by atoms with Gasteiger partial charge in [-0.2, -0.15) is 0 Å². The minimum Gasteiger partial charge on any atom is -0.399 e. The standard InChI is InChI=1S/C20H31BN2O2/c1-19(2)20(3,4)25-21(24-19)18-9-8-16(14-17(18)15-6-7-15)23-12-10-22(5)11-13-23/h8-9,14-15H,6-7,10-13H2,1-5H3/i5D3,10D2,11D2,12D2,13D2. The molecule has 1 aromatic rings. The van der Waals surface area contributed by atoms with Crippen LogP contribution in [0.2, 0.25) is 0 Å². The molecule has 0 unspecified atom stereocenters. The fourth-order valence-corrected chi connectivity index (χ4v) is 3.02. The Balaban J connectivity index is 1.85. The van der Waals surface area contributed by atoms with Crippen molar-refractivity contribution in [2.75, 3.05) is 37.9 Å². The van der Waals surface area contributed by atoms with Crippen LogP contribution in [0, 0.1) is 0 Å². The SMILES string of the molecule is [2H]C([2H])([2H])N1C([2H])([2H])C([2H])([2H])N(c2ccc(B3OC(C)(C)C(C)(C)O3)c(C3CC3)c2)C([2H])([2H])C1([2H])[2H]. The van der Waals surface area contributed by atoms with E-state index in [0.717, 1.165) is 18.4 Å². The fraction of sp³-hybridized carbons (Fsp3) is 0.700. The van der Waals surface area contributed by atoms with Gasteiger partial charge in [0.1, 0.15) is 0 Å². The molecule has 0 amide bonds. The molecule has 1 aliphatic carbocycles. The van der Waals surface area contributed by atoms with E-state index in [2.05, 4.69) is 0 Å². The van der Waals surface area contributed by atoms with Gasteiger partial charge < -0.3 is 19.1 Å². The maximum Gasteiger partial charge on any atom is 0.495 e. The van der Waals surface area contributed by atoms with Gasteiger partial charge in [-0.3, -0.25) is 0 Å². The van der Waals surface area contributed by atoms with Crippen molar-refractivity contribution < 1.29 is 24.4 Å². The first kappa shape index (κ1) is 8.77. The van der Waals surface area contributed by atoms with Crippen LogP contribution in [0.4, 0.5) is 5.69 Å². The highest BCUT2D eigenvalue weighted by atomic mass is 16.7. The van der Waals surface area contributed by atoms with E-state index in [1.165, 1.54) is 12.1 Å². The first-order chi connectivity index (χ1) is 16.0. The lowest BCUT2D eigenvalue weighted by molar-refractivity contribution is 0.00578. The van der Waals surface area contributed by atoms with Crippen molar-refractivity contribution in [1.82, 2.24) is 4.90 Å². The van der Waals surface area contributed by atoms with Crippen LogP contribution in [0.25, 0.3) is 0 Å². The third kappa shape index (κ3) is 3.22. The van der Waals surface area contributed by atoms with Gasteiger partial charge in [-0.25, -0.2) is 0 Å². The molecule has 0 bridgehead atoms. The molecule has 3 fully saturated rings. The topological polar surface area (TPSA) is 24.9 Å². The van der Waals surface area contributed by atoms with E-state index in [9.17, 15) is 0 Å². The maximum atomic E-state index is 8.55. The molecular weight excluding hydrogens is 311 g/mol. The first-order valence-electron chi connectivity index (χ1n) is 14.1. The van der Waals surface area contributed by atoms with E-state index in [1.807, 2.05) is 27.7 Å². The molecule has 25 heavy (non-hydrogen) atoms. The minimum atomic E-state index is -3.44. The lowest BCUT2D eigenvalue weighted by atomic mass is 9.74. The Hall–Kier alpha value is -1.04. The normalized spacial score (nSPS) is 41.4. The smallest absolute Gasteiger partial charge is 0.399 e. The number of piperazine rings is 1. The second kappa shape index (κ2) is 6.00. The zero-order chi connectivity index (χ0) is 27.5. The highest BCUT2D eigenvalue weighted by Crippen LogP contribution is 2.42. The zero-order valence-electron chi connectivity index (χ0n) is 26.0. The van der Waals surface area contributed by atoms with Gasteiger partial charge >= 0.3 is 7.12 Å². The van der Waals surface area contributed by atoms with Crippen LogP contribution >= 0.6 is 0 Å². The van der Waals surface area contributed by atoms with Gasteiger partial charge in [-0.05, 0) is 76.6 Å². The lowest BCUT2D eigenvalue weighted by Gasteiger charge is -2.34. The van der Waals surface area contributed by atoms with Crippen LogP contribution in [-0.2, 0) is 9.31 Å². The van der Waals surface area contributed by atoms with Gasteiger partial charge in [0.05, 0.1) is 16.7 Å². The molecule has 5 heteroatoms. The number of rotatable bonds is 3. The number of hydrogen-bond donors (Lipinski definition) is 0. The van der Waals surface area contributed by atoms with Gasteiger partial charge in [0, 0.05) is 41.3 Å². The molecule has 1 aromatic carbocycles.